The summed E-state index contributed by atoms with van der Waals surface area (Å²) in [5, 5.41) is 19.2. The zero-order valence-corrected chi connectivity index (χ0v) is 26.9. The number of aryl methyl sites for hydroxylation is 2. The quantitative estimate of drug-likeness (QED) is 0.161. The second-order valence-electron chi connectivity index (χ2n) is 12.1. The molecule has 0 unspecified atom stereocenters. The van der Waals surface area contributed by atoms with Gasteiger partial charge in [0.1, 0.15) is 0 Å². The van der Waals surface area contributed by atoms with Crippen molar-refractivity contribution < 1.29 is 10.2 Å². The minimum absolute atomic E-state index is 0.210. The van der Waals surface area contributed by atoms with Crippen LogP contribution in [0.1, 0.15) is 36.8 Å². The Bertz CT molecular complexity index is 1590. The van der Waals surface area contributed by atoms with E-state index in [9.17, 15) is 10.2 Å². The topological polar surface area (TPSA) is 124 Å². The van der Waals surface area contributed by atoms with Gasteiger partial charge in [0.05, 0.1) is 23.6 Å². The van der Waals surface area contributed by atoms with Gasteiger partial charge in [0.15, 0.2) is 11.9 Å². The maximum atomic E-state index is 9.63. The van der Waals surface area contributed by atoms with Crippen molar-refractivity contribution in [3.63, 3.8) is 0 Å². The van der Waals surface area contributed by atoms with Crippen molar-refractivity contribution in [3.8, 4) is 22.3 Å². The molecule has 4 aromatic carbocycles. The molecule has 46 heavy (non-hydrogen) atoms. The Morgan fingerprint density at radius 2 is 1.11 bits per heavy atom. The molecule has 0 amide bonds. The second kappa shape index (κ2) is 15.6. The smallest absolute Gasteiger partial charge is 0.196 e. The van der Waals surface area contributed by atoms with E-state index in [0.29, 0.717) is 11.9 Å². The molecule has 240 valence electrons. The minimum Gasteiger partial charge on any atom is -0.393 e. The Morgan fingerprint density at radius 1 is 0.609 bits per heavy atom. The first-order valence-electron chi connectivity index (χ1n) is 16.1. The third-order valence-electron chi connectivity index (χ3n) is 8.60. The Labute approximate surface area is 272 Å². The average Bonchev–Trinajstić information content (AvgIpc) is 3.08. The summed E-state index contributed by atoms with van der Waals surface area (Å²) in [6, 6.07) is 32.9. The van der Waals surface area contributed by atoms with Crippen molar-refractivity contribution in [2.24, 2.45) is 21.5 Å². The number of aliphatic imine (C=N–C) groups is 2. The van der Waals surface area contributed by atoms with Gasteiger partial charge in [0.25, 0.3) is 0 Å². The van der Waals surface area contributed by atoms with E-state index in [4.69, 9.17) is 16.5 Å². The number of rotatable bonds is 4. The van der Waals surface area contributed by atoms with E-state index in [0.717, 1.165) is 91.1 Å². The summed E-state index contributed by atoms with van der Waals surface area (Å²) >= 11 is 0. The molecule has 2 heterocycles. The Kier molecular flexibility index (Phi) is 11.1. The van der Waals surface area contributed by atoms with Gasteiger partial charge in [0, 0.05) is 37.3 Å². The molecule has 8 nitrogen and oxygen atoms in total. The highest BCUT2D eigenvalue weighted by Crippen LogP contribution is 2.34. The number of para-hydroxylation sites is 1. The number of guanidine groups is 2. The van der Waals surface area contributed by atoms with Gasteiger partial charge >= 0.3 is 0 Å². The fraction of sp³-hybridized carbons (Fsp3) is 0.316. The van der Waals surface area contributed by atoms with Crippen LogP contribution in [0.2, 0.25) is 0 Å². The maximum Gasteiger partial charge on any atom is 0.196 e. The third-order valence-corrected chi connectivity index (χ3v) is 8.60. The first-order chi connectivity index (χ1) is 22.3. The summed E-state index contributed by atoms with van der Waals surface area (Å²) in [7, 11) is 0. The average molecular weight is 619 g/mol. The summed E-state index contributed by atoms with van der Waals surface area (Å²) in [6.45, 7) is 7.14. The lowest BCUT2D eigenvalue weighted by Crippen LogP contribution is -2.43. The van der Waals surface area contributed by atoms with Crippen LogP contribution in [-0.4, -0.2) is 70.3 Å². The van der Waals surface area contributed by atoms with E-state index in [1.807, 2.05) is 58.3 Å². The largest absolute Gasteiger partial charge is 0.393 e. The van der Waals surface area contributed by atoms with E-state index in [2.05, 4.69) is 67.4 Å². The van der Waals surface area contributed by atoms with Crippen LogP contribution in [0, 0.1) is 13.8 Å². The van der Waals surface area contributed by atoms with Gasteiger partial charge in [-0.2, -0.15) is 0 Å². The SMILES string of the molecule is Cc1ccc(N=C(N)N2CCC(O)CC2)c(-c2ccccc2)c1.Cc1cccc(-c2ccccc2)c1N=C(N)N1CCC(O)CC1. The van der Waals surface area contributed by atoms with Crippen LogP contribution < -0.4 is 11.5 Å². The highest BCUT2D eigenvalue weighted by molar-refractivity contribution is 5.87. The summed E-state index contributed by atoms with van der Waals surface area (Å²) < 4.78 is 0. The lowest BCUT2D eigenvalue weighted by Gasteiger charge is -2.30. The molecule has 0 aromatic heterocycles. The number of aliphatic hydroxyl groups is 2. The minimum atomic E-state index is -0.211. The highest BCUT2D eigenvalue weighted by Gasteiger charge is 2.20. The number of hydrogen-bond donors (Lipinski definition) is 4. The molecule has 2 saturated heterocycles. The molecule has 0 saturated carbocycles. The molecule has 0 atom stereocenters. The fourth-order valence-corrected chi connectivity index (χ4v) is 5.82. The highest BCUT2D eigenvalue weighted by atomic mass is 16.3. The zero-order chi connectivity index (χ0) is 32.5. The lowest BCUT2D eigenvalue weighted by atomic mass is 10.0. The molecule has 2 fully saturated rings. The Hall–Kier alpha value is -4.66. The zero-order valence-electron chi connectivity index (χ0n) is 26.9. The van der Waals surface area contributed by atoms with Crippen LogP contribution >= 0.6 is 0 Å². The van der Waals surface area contributed by atoms with E-state index >= 15 is 0 Å². The molecule has 0 radical (unpaired) electrons. The number of aliphatic hydroxyl groups excluding tert-OH is 2. The van der Waals surface area contributed by atoms with Crippen LogP contribution in [-0.2, 0) is 0 Å². The Morgan fingerprint density at radius 3 is 1.65 bits per heavy atom. The molecule has 6 N–H and O–H groups in total. The normalized spacial score (nSPS) is 16.6. The van der Waals surface area contributed by atoms with Crippen molar-refractivity contribution in [2.75, 3.05) is 26.2 Å². The number of piperidine rings is 2. The summed E-state index contributed by atoms with van der Waals surface area (Å²) in [4.78, 5) is 13.5. The standard InChI is InChI=1S/2C19H23N3O/c1-14-6-5-9-17(15-7-3-2-4-8-15)18(14)21-19(20)22-12-10-16(23)11-13-22;1-14-7-8-18(17(13-14)15-5-3-2-4-6-15)21-19(20)22-11-9-16(23)10-12-22/h2-9,16,23H,10-13H2,1H3,(H2,20,21);2-8,13,16,23H,9-12H2,1H3,(H2,20,21). The van der Waals surface area contributed by atoms with Gasteiger partial charge in [-0.3, -0.25) is 0 Å². The van der Waals surface area contributed by atoms with Gasteiger partial charge < -0.3 is 31.5 Å². The van der Waals surface area contributed by atoms with Crippen LogP contribution in [0.15, 0.2) is 107 Å². The monoisotopic (exact) mass is 618 g/mol. The van der Waals surface area contributed by atoms with Crippen LogP contribution in [0.4, 0.5) is 11.4 Å². The number of benzene rings is 4. The van der Waals surface area contributed by atoms with Crippen LogP contribution in [0.3, 0.4) is 0 Å². The second-order valence-corrected chi connectivity index (χ2v) is 12.1. The third kappa shape index (κ3) is 8.53. The number of nitrogens with zero attached hydrogens (tertiary/aromatic N) is 4. The molecule has 2 aliphatic heterocycles. The first kappa shape index (κ1) is 32.7. The molecule has 2 aliphatic rings. The number of likely N-dealkylation sites (tertiary alicyclic amines) is 2. The fourth-order valence-electron chi connectivity index (χ4n) is 5.82. The molecule has 0 aliphatic carbocycles. The predicted octanol–water partition coefficient (Wildman–Crippen LogP) is 6.13. The van der Waals surface area contributed by atoms with Gasteiger partial charge in [-0.05, 0) is 68.4 Å². The van der Waals surface area contributed by atoms with Crippen molar-refractivity contribution in [1.29, 1.82) is 0 Å². The van der Waals surface area contributed by atoms with E-state index in [-0.39, 0.29) is 12.2 Å². The summed E-state index contributed by atoms with van der Waals surface area (Å²) in [6.07, 6.45) is 2.56. The van der Waals surface area contributed by atoms with E-state index < -0.39 is 0 Å². The van der Waals surface area contributed by atoms with E-state index in [1.54, 1.807) is 0 Å². The molecule has 8 heteroatoms. The van der Waals surface area contributed by atoms with Gasteiger partial charge in [-0.25, -0.2) is 9.98 Å². The predicted molar refractivity (Wildman–Crippen MR) is 189 cm³/mol. The first-order valence-corrected chi connectivity index (χ1v) is 16.1. The van der Waals surface area contributed by atoms with Crippen LogP contribution in [0.25, 0.3) is 22.3 Å². The van der Waals surface area contributed by atoms with E-state index in [1.165, 1.54) is 5.56 Å². The van der Waals surface area contributed by atoms with Crippen molar-refractivity contribution in [2.45, 2.75) is 51.7 Å². The number of nitrogens with two attached hydrogens (primary N) is 2. The van der Waals surface area contributed by atoms with Gasteiger partial charge in [0.2, 0.25) is 0 Å². The van der Waals surface area contributed by atoms with Crippen LogP contribution in [0.5, 0.6) is 0 Å². The summed E-state index contributed by atoms with van der Waals surface area (Å²) in [5.41, 5.74) is 21.0. The maximum absolute atomic E-state index is 9.63. The molecule has 0 spiro atoms. The number of hydrogen-bond acceptors (Lipinski definition) is 4. The molecule has 6 rings (SSSR count). The molecular formula is C38H46N6O2. The van der Waals surface area contributed by atoms with Crippen molar-refractivity contribution in [3.05, 3.63) is 108 Å². The summed E-state index contributed by atoms with van der Waals surface area (Å²) in [5.74, 6) is 1.06. The van der Waals surface area contributed by atoms with Crippen molar-refractivity contribution >= 4 is 23.3 Å². The van der Waals surface area contributed by atoms with Crippen molar-refractivity contribution in [1.82, 2.24) is 9.80 Å². The molecule has 0 bridgehead atoms. The lowest BCUT2D eigenvalue weighted by molar-refractivity contribution is 0.108. The van der Waals surface area contributed by atoms with Gasteiger partial charge in [-0.1, -0.05) is 90.5 Å². The molecular weight excluding hydrogens is 572 g/mol. The molecule has 4 aromatic rings. The van der Waals surface area contributed by atoms with Gasteiger partial charge in [-0.15, -0.1) is 0 Å². The Balaban J connectivity index is 0.000000181.